The number of methoxy groups -OCH3 is 1. The minimum atomic E-state index is -1.87. The zero-order valence-corrected chi connectivity index (χ0v) is 10.2. The van der Waals surface area contributed by atoms with E-state index in [0.717, 1.165) is 0 Å². The second-order valence-electron chi connectivity index (χ2n) is 4.20. The van der Waals surface area contributed by atoms with Gasteiger partial charge < -0.3 is 4.74 Å². The lowest BCUT2D eigenvalue weighted by atomic mass is 10.1. The normalized spacial score (nSPS) is 11.2. The Kier molecular flexibility index (Phi) is 2.74. The summed E-state index contributed by atoms with van der Waals surface area (Å²) in [5, 5.41) is 0.0170. The molecule has 102 valence electrons. The maximum absolute atomic E-state index is 13.7. The van der Waals surface area contributed by atoms with Crippen molar-refractivity contribution in [2.24, 2.45) is 0 Å². The van der Waals surface area contributed by atoms with Crippen LogP contribution in [0.1, 0.15) is 0 Å². The van der Waals surface area contributed by atoms with Crippen molar-refractivity contribution in [2.75, 3.05) is 7.11 Å². The Morgan fingerprint density at radius 2 is 1.60 bits per heavy atom. The highest BCUT2D eigenvalue weighted by molar-refractivity contribution is 5.93. The second kappa shape index (κ2) is 4.33. The zero-order chi connectivity index (χ0) is 14.4. The van der Waals surface area contributed by atoms with Crippen LogP contribution in [0.2, 0.25) is 0 Å². The molecule has 0 saturated carbocycles. The summed E-state index contributed by atoms with van der Waals surface area (Å²) in [6.45, 7) is 0. The molecule has 3 aromatic rings. The number of rotatable bonds is 1. The summed E-state index contributed by atoms with van der Waals surface area (Å²) >= 11 is 0. The standard InChI is InChI=1S/C14H7F4NO/c1-20-7-2-3-9-6(4-7)5-8-10(15)11(16)12(17)13(18)14(8)19-9/h2-5H,1H3. The van der Waals surface area contributed by atoms with Gasteiger partial charge in [-0.15, -0.1) is 0 Å². The maximum atomic E-state index is 13.7. The first-order chi connectivity index (χ1) is 9.52. The zero-order valence-electron chi connectivity index (χ0n) is 10.2. The van der Waals surface area contributed by atoms with Crippen LogP contribution in [-0.2, 0) is 0 Å². The van der Waals surface area contributed by atoms with Crippen LogP contribution in [0.3, 0.4) is 0 Å². The quantitative estimate of drug-likeness (QED) is 0.291. The number of fused-ring (bicyclic) bond motifs is 2. The molecular formula is C14H7F4NO. The van der Waals surface area contributed by atoms with Crippen LogP contribution in [0.25, 0.3) is 21.8 Å². The molecular weight excluding hydrogens is 274 g/mol. The van der Waals surface area contributed by atoms with Gasteiger partial charge in [0.15, 0.2) is 23.3 Å². The molecule has 6 heteroatoms. The summed E-state index contributed by atoms with van der Waals surface area (Å²) in [7, 11) is 1.45. The van der Waals surface area contributed by atoms with Crippen molar-refractivity contribution in [3.05, 3.63) is 47.5 Å². The molecule has 1 aromatic heterocycles. The van der Waals surface area contributed by atoms with Crippen molar-refractivity contribution in [1.82, 2.24) is 4.98 Å². The molecule has 2 nitrogen and oxygen atoms in total. The lowest BCUT2D eigenvalue weighted by molar-refractivity contribution is 0.415. The Labute approximate surface area is 110 Å². The summed E-state index contributed by atoms with van der Waals surface area (Å²) in [6.07, 6.45) is 0. The van der Waals surface area contributed by atoms with Gasteiger partial charge in [-0.25, -0.2) is 22.5 Å². The van der Waals surface area contributed by atoms with E-state index in [-0.39, 0.29) is 0 Å². The Morgan fingerprint density at radius 3 is 2.30 bits per heavy atom. The fraction of sp³-hybridized carbons (Fsp3) is 0.0714. The van der Waals surface area contributed by atoms with Crippen LogP contribution in [0, 0.1) is 23.3 Å². The molecule has 0 bridgehead atoms. The molecule has 0 aliphatic heterocycles. The van der Waals surface area contributed by atoms with Gasteiger partial charge in [-0.1, -0.05) is 0 Å². The van der Waals surface area contributed by atoms with Gasteiger partial charge >= 0.3 is 0 Å². The molecule has 0 aliphatic rings. The predicted molar refractivity (Wildman–Crippen MR) is 65.6 cm³/mol. The minimum absolute atomic E-state index is 0.322. The SMILES string of the molecule is COc1ccc2nc3c(F)c(F)c(F)c(F)c3cc2c1. The first-order valence-corrected chi connectivity index (χ1v) is 5.63. The highest BCUT2D eigenvalue weighted by Crippen LogP contribution is 2.29. The molecule has 0 spiro atoms. The summed E-state index contributed by atoms with van der Waals surface area (Å²) < 4.78 is 58.8. The van der Waals surface area contributed by atoms with E-state index in [1.165, 1.54) is 19.2 Å². The van der Waals surface area contributed by atoms with Crippen molar-refractivity contribution in [2.45, 2.75) is 0 Å². The Balaban J connectivity index is 2.47. The van der Waals surface area contributed by atoms with Crippen LogP contribution in [0.5, 0.6) is 5.75 Å². The molecule has 0 unspecified atom stereocenters. The number of pyridine rings is 1. The predicted octanol–water partition coefficient (Wildman–Crippen LogP) is 3.95. The number of hydrogen-bond acceptors (Lipinski definition) is 2. The number of halogens is 4. The molecule has 0 fully saturated rings. The van der Waals surface area contributed by atoms with Gasteiger partial charge in [0, 0.05) is 10.8 Å². The minimum Gasteiger partial charge on any atom is -0.497 e. The van der Waals surface area contributed by atoms with Crippen LogP contribution >= 0.6 is 0 Å². The topological polar surface area (TPSA) is 22.1 Å². The van der Waals surface area contributed by atoms with E-state index in [9.17, 15) is 17.6 Å². The van der Waals surface area contributed by atoms with Gasteiger partial charge in [0.05, 0.1) is 12.6 Å². The molecule has 0 radical (unpaired) electrons. The number of benzene rings is 2. The van der Waals surface area contributed by atoms with E-state index in [1.54, 1.807) is 12.1 Å². The third kappa shape index (κ3) is 1.68. The van der Waals surface area contributed by atoms with Crippen molar-refractivity contribution < 1.29 is 22.3 Å². The molecule has 0 amide bonds. The van der Waals surface area contributed by atoms with E-state index in [2.05, 4.69) is 4.98 Å². The van der Waals surface area contributed by atoms with E-state index >= 15 is 0 Å². The van der Waals surface area contributed by atoms with Crippen LogP contribution in [-0.4, -0.2) is 12.1 Å². The average molecular weight is 281 g/mol. The van der Waals surface area contributed by atoms with E-state index in [1.807, 2.05) is 0 Å². The third-order valence-electron chi connectivity index (χ3n) is 3.04. The second-order valence-corrected chi connectivity index (χ2v) is 4.20. The first kappa shape index (κ1) is 12.7. The number of nitrogens with zero attached hydrogens (tertiary/aromatic N) is 1. The molecule has 20 heavy (non-hydrogen) atoms. The monoisotopic (exact) mass is 281 g/mol. The van der Waals surface area contributed by atoms with Gasteiger partial charge in [-0.2, -0.15) is 0 Å². The first-order valence-electron chi connectivity index (χ1n) is 5.63. The van der Waals surface area contributed by atoms with Gasteiger partial charge in [0.25, 0.3) is 0 Å². The fourth-order valence-corrected chi connectivity index (χ4v) is 2.03. The lowest BCUT2D eigenvalue weighted by Gasteiger charge is -2.07. The third-order valence-corrected chi connectivity index (χ3v) is 3.04. The Bertz CT molecular complexity index is 848. The van der Waals surface area contributed by atoms with Crippen molar-refractivity contribution >= 4 is 21.8 Å². The smallest absolute Gasteiger partial charge is 0.199 e. The summed E-state index contributed by atoms with van der Waals surface area (Å²) in [5.41, 5.74) is -0.221. The van der Waals surface area contributed by atoms with Crippen molar-refractivity contribution in [3.63, 3.8) is 0 Å². The fourth-order valence-electron chi connectivity index (χ4n) is 2.03. The molecule has 3 rings (SSSR count). The average Bonchev–Trinajstić information content (AvgIpc) is 2.48. The largest absolute Gasteiger partial charge is 0.497 e. The molecule has 2 aromatic carbocycles. The van der Waals surface area contributed by atoms with Gasteiger partial charge in [0.2, 0.25) is 0 Å². The van der Waals surface area contributed by atoms with Crippen LogP contribution < -0.4 is 4.74 Å². The highest BCUT2D eigenvalue weighted by Gasteiger charge is 2.21. The maximum Gasteiger partial charge on any atom is 0.199 e. The summed E-state index contributed by atoms with van der Waals surface area (Å²) in [6, 6.07) is 5.85. The number of ether oxygens (including phenoxy) is 1. The lowest BCUT2D eigenvalue weighted by Crippen LogP contribution is -2.00. The van der Waals surface area contributed by atoms with Crippen molar-refractivity contribution in [1.29, 1.82) is 0 Å². The van der Waals surface area contributed by atoms with Crippen LogP contribution in [0.15, 0.2) is 24.3 Å². The number of hydrogen-bond donors (Lipinski definition) is 0. The number of aromatic nitrogens is 1. The van der Waals surface area contributed by atoms with Crippen molar-refractivity contribution in [3.8, 4) is 5.75 Å². The summed E-state index contributed by atoms with van der Waals surface area (Å²) in [4.78, 5) is 3.84. The highest BCUT2D eigenvalue weighted by atomic mass is 19.2. The van der Waals surface area contributed by atoms with Crippen LogP contribution in [0.4, 0.5) is 17.6 Å². The van der Waals surface area contributed by atoms with Gasteiger partial charge in [0.1, 0.15) is 11.3 Å². The molecule has 0 atom stereocenters. The van der Waals surface area contributed by atoms with E-state index in [4.69, 9.17) is 4.74 Å². The Morgan fingerprint density at radius 1 is 0.900 bits per heavy atom. The molecule has 0 saturated heterocycles. The molecule has 1 heterocycles. The van der Waals surface area contributed by atoms with E-state index in [0.29, 0.717) is 16.7 Å². The Hall–Kier alpha value is -2.37. The van der Waals surface area contributed by atoms with Gasteiger partial charge in [-0.3, -0.25) is 0 Å². The van der Waals surface area contributed by atoms with E-state index < -0.39 is 34.2 Å². The summed E-state index contributed by atoms with van der Waals surface area (Å²) in [5.74, 6) is -6.19. The molecule has 0 N–H and O–H groups in total. The van der Waals surface area contributed by atoms with Gasteiger partial charge in [-0.05, 0) is 24.3 Å². The molecule has 0 aliphatic carbocycles.